The van der Waals surface area contributed by atoms with Crippen LogP contribution in [-0.4, -0.2) is 7.11 Å². The van der Waals surface area contributed by atoms with Gasteiger partial charge >= 0.3 is 0 Å². The van der Waals surface area contributed by atoms with E-state index in [0.717, 1.165) is 5.56 Å². The fourth-order valence-electron chi connectivity index (χ4n) is 1.64. The van der Waals surface area contributed by atoms with Crippen LogP contribution in [0.3, 0.4) is 0 Å². The molecule has 2 aromatic carbocycles. The summed E-state index contributed by atoms with van der Waals surface area (Å²) in [5.74, 6) is 1.23. The molecule has 0 spiro atoms. The van der Waals surface area contributed by atoms with Crippen molar-refractivity contribution in [1.82, 2.24) is 0 Å². The third-order valence-electron chi connectivity index (χ3n) is 2.56. The van der Waals surface area contributed by atoms with E-state index >= 15 is 0 Å². The highest BCUT2D eigenvalue weighted by atomic mass is 79.9. The SMILES string of the molecule is COc1ccc(CN)c(Oc2cc(F)cc(Br)c2)c1. The first kappa shape index (κ1) is 13.8. The van der Waals surface area contributed by atoms with Crippen molar-refractivity contribution in [3.8, 4) is 17.2 Å². The Bertz CT molecular complexity index is 569. The molecule has 3 nitrogen and oxygen atoms in total. The van der Waals surface area contributed by atoms with Crippen molar-refractivity contribution >= 4 is 15.9 Å². The van der Waals surface area contributed by atoms with E-state index in [0.29, 0.717) is 28.3 Å². The van der Waals surface area contributed by atoms with Gasteiger partial charge in [-0.1, -0.05) is 22.0 Å². The van der Waals surface area contributed by atoms with Crippen molar-refractivity contribution < 1.29 is 13.9 Å². The molecule has 100 valence electrons. The summed E-state index contributed by atoms with van der Waals surface area (Å²) in [6.45, 7) is 0.329. The van der Waals surface area contributed by atoms with Gasteiger partial charge in [-0.15, -0.1) is 0 Å². The lowest BCUT2D eigenvalue weighted by molar-refractivity contribution is 0.407. The summed E-state index contributed by atoms with van der Waals surface area (Å²) in [7, 11) is 1.57. The van der Waals surface area contributed by atoms with E-state index in [4.69, 9.17) is 15.2 Å². The molecule has 0 unspecified atom stereocenters. The minimum Gasteiger partial charge on any atom is -0.497 e. The first-order chi connectivity index (χ1) is 9.12. The van der Waals surface area contributed by atoms with Crippen LogP contribution in [0, 0.1) is 5.82 Å². The molecule has 2 N–H and O–H groups in total. The van der Waals surface area contributed by atoms with Crippen LogP contribution in [0.5, 0.6) is 17.2 Å². The second-order valence-electron chi connectivity index (χ2n) is 3.88. The quantitative estimate of drug-likeness (QED) is 0.928. The van der Waals surface area contributed by atoms with E-state index in [9.17, 15) is 4.39 Å². The van der Waals surface area contributed by atoms with Gasteiger partial charge in [-0.05, 0) is 18.2 Å². The van der Waals surface area contributed by atoms with Gasteiger partial charge in [0.15, 0.2) is 0 Å². The summed E-state index contributed by atoms with van der Waals surface area (Å²) < 4.78 is 24.7. The van der Waals surface area contributed by atoms with Crippen LogP contribution in [0.25, 0.3) is 0 Å². The molecule has 5 heteroatoms. The first-order valence-electron chi connectivity index (χ1n) is 5.63. The number of ether oxygens (including phenoxy) is 2. The van der Waals surface area contributed by atoms with Gasteiger partial charge in [0.05, 0.1) is 7.11 Å². The molecule has 2 rings (SSSR count). The summed E-state index contributed by atoms with van der Waals surface area (Å²) in [6.07, 6.45) is 0. The minimum atomic E-state index is -0.374. The Kier molecular flexibility index (Phi) is 4.39. The Hall–Kier alpha value is -1.59. The molecule has 0 saturated heterocycles. The van der Waals surface area contributed by atoms with Gasteiger partial charge in [0.25, 0.3) is 0 Å². The zero-order chi connectivity index (χ0) is 13.8. The lowest BCUT2D eigenvalue weighted by Crippen LogP contribution is -2.00. The lowest BCUT2D eigenvalue weighted by atomic mass is 10.2. The Morgan fingerprint density at radius 2 is 1.95 bits per heavy atom. The first-order valence-corrected chi connectivity index (χ1v) is 6.42. The molecule has 0 bridgehead atoms. The predicted molar refractivity (Wildman–Crippen MR) is 75.1 cm³/mol. The second-order valence-corrected chi connectivity index (χ2v) is 4.80. The van der Waals surface area contributed by atoms with E-state index in [1.807, 2.05) is 6.07 Å². The van der Waals surface area contributed by atoms with E-state index in [-0.39, 0.29) is 5.82 Å². The maximum atomic E-state index is 13.3. The standard InChI is InChI=1S/C14H13BrFNO2/c1-18-12-3-2-9(8-17)14(7-12)19-13-5-10(15)4-11(16)6-13/h2-7H,8,17H2,1H3. The molecule has 0 aliphatic heterocycles. The van der Waals surface area contributed by atoms with E-state index in [1.165, 1.54) is 12.1 Å². The number of nitrogens with two attached hydrogens (primary N) is 1. The zero-order valence-corrected chi connectivity index (χ0v) is 11.9. The average Bonchev–Trinajstić information content (AvgIpc) is 2.37. The monoisotopic (exact) mass is 325 g/mol. The number of hydrogen-bond donors (Lipinski definition) is 1. The molecule has 0 aliphatic rings. The van der Waals surface area contributed by atoms with E-state index < -0.39 is 0 Å². The number of methoxy groups -OCH3 is 1. The van der Waals surface area contributed by atoms with Gasteiger partial charge in [-0.25, -0.2) is 4.39 Å². The smallest absolute Gasteiger partial charge is 0.135 e. The van der Waals surface area contributed by atoms with E-state index in [1.54, 1.807) is 25.3 Å². The molecule has 0 atom stereocenters. The van der Waals surface area contributed by atoms with Crippen LogP contribution in [0.1, 0.15) is 5.56 Å². The van der Waals surface area contributed by atoms with Crippen molar-refractivity contribution in [3.05, 3.63) is 52.3 Å². The highest BCUT2D eigenvalue weighted by molar-refractivity contribution is 9.10. The number of halogens is 2. The maximum Gasteiger partial charge on any atom is 0.135 e. The van der Waals surface area contributed by atoms with Crippen molar-refractivity contribution in [2.45, 2.75) is 6.54 Å². The molecule has 0 amide bonds. The lowest BCUT2D eigenvalue weighted by Gasteiger charge is -2.12. The fraction of sp³-hybridized carbons (Fsp3) is 0.143. The van der Waals surface area contributed by atoms with Gasteiger partial charge in [-0.3, -0.25) is 0 Å². The Labute approximate surface area is 119 Å². The van der Waals surface area contributed by atoms with Crippen molar-refractivity contribution in [3.63, 3.8) is 0 Å². The van der Waals surface area contributed by atoms with Gasteiger partial charge in [0, 0.05) is 28.7 Å². The highest BCUT2D eigenvalue weighted by Crippen LogP contribution is 2.31. The normalized spacial score (nSPS) is 10.3. The summed E-state index contributed by atoms with van der Waals surface area (Å²) in [5.41, 5.74) is 6.47. The van der Waals surface area contributed by atoms with Crippen LogP contribution in [0.15, 0.2) is 40.9 Å². The molecule has 0 radical (unpaired) electrons. The fourth-order valence-corrected chi connectivity index (χ4v) is 2.08. The number of hydrogen-bond acceptors (Lipinski definition) is 3. The molecule has 2 aromatic rings. The molecular formula is C14H13BrFNO2. The maximum absolute atomic E-state index is 13.3. The van der Waals surface area contributed by atoms with Crippen LogP contribution in [0.2, 0.25) is 0 Å². The average molecular weight is 326 g/mol. The molecule has 0 heterocycles. The summed E-state index contributed by atoms with van der Waals surface area (Å²) in [6, 6.07) is 9.70. The van der Waals surface area contributed by atoms with Crippen LogP contribution < -0.4 is 15.2 Å². The summed E-state index contributed by atoms with van der Waals surface area (Å²) >= 11 is 3.22. The third-order valence-corrected chi connectivity index (χ3v) is 3.02. The largest absolute Gasteiger partial charge is 0.497 e. The molecule has 0 saturated carbocycles. The molecular weight excluding hydrogens is 313 g/mol. The van der Waals surface area contributed by atoms with Crippen molar-refractivity contribution in [1.29, 1.82) is 0 Å². The van der Waals surface area contributed by atoms with Gasteiger partial charge < -0.3 is 15.2 Å². The van der Waals surface area contributed by atoms with Crippen molar-refractivity contribution in [2.75, 3.05) is 7.11 Å². The predicted octanol–water partition coefficient (Wildman–Crippen LogP) is 3.85. The Morgan fingerprint density at radius 1 is 1.16 bits per heavy atom. The number of rotatable bonds is 4. The molecule has 19 heavy (non-hydrogen) atoms. The third kappa shape index (κ3) is 3.45. The Balaban J connectivity index is 2.35. The van der Waals surface area contributed by atoms with E-state index in [2.05, 4.69) is 15.9 Å². The van der Waals surface area contributed by atoms with Gasteiger partial charge in [0.2, 0.25) is 0 Å². The molecule has 0 aliphatic carbocycles. The Morgan fingerprint density at radius 3 is 2.58 bits per heavy atom. The summed E-state index contributed by atoms with van der Waals surface area (Å²) in [4.78, 5) is 0. The van der Waals surface area contributed by atoms with Gasteiger partial charge in [-0.2, -0.15) is 0 Å². The second kappa shape index (κ2) is 6.04. The number of benzene rings is 2. The molecule has 0 fully saturated rings. The minimum absolute atomic E-state index is 0.329. The van der Waals surface area contributed by atoms with Crippen LogP contribution >= 0.6 is 15.9 Å². The molecule has 0 aromatic heterocycles. The van der Waals surface area contributed by atoms with Crippen molar-refractivity contribution in [2.24, 2.45) is 5.73 Å². The highest BCUT2D eigenvalue weighted by Gasteiger charge is 2.07. The topological polar surface area (TPSA) is 44.5 Å². The van der Waals surface area contributed by atoms with Crippen LogP contribution in [0.4, 0.5) is 4.39 Å². The van der Waals surface area contributed by atoms with Crippen LogP contribution in [-0.2, 0) is 6.54 Å². The zero-order valence-electron chi connectivity index (χ0n) is 10.3. The summed E-state index contributed by atoms with van der Waals surface area (Å²) in [5, 5.41) is 0. The van der Waals surface area contributed by atoms with Gasteiger partial charge in [0.1, 0.15) is 23.1 Å².